The second kappa shape index (κ2) is 7.31. The Labute approximate surface area is 129 Å². The van der Waals surface area contributed by atoms with E-state index in [1.54, 1.807) is 45.0 Å². The molecular weight excluding hydrogens is 294 g/mol. The van der Waals surface area contributed by atoms with Crippen LogP contribution in [0.5, 0.6) is 5.75 Å². The van der Waals surface area contributed by atoms with Gasteiger partial charge in [-0.25, -0.2) is 4.79 Å². The molecule has 6 heteroatoms. The van der Waals surface area contributed by atoms with Gasteiger partial charge in [-0.15, -0.1) is 0 Å². The Balaban J connectivity index is 2.47. The van der Waals surface area contributed by atoms with Crippen molar-refractivity contribution in [2.24, 2.45) is 5.41 Å². The van der Waals surface area contributed by atoms with Crippen molar-refractivity contribution in [3.63, 3.8) is 0 Å². The molecule has 0 radical (unpaired) electrons. The molecule has 5 nitrogen and oxygen atoms in total. The van der Waals surface area contributed by atoms with Gasteiger partial charge in [-0.1, -0.05) is 44.5 Å². The number of carbonyl (C=O) groups is 2. The Hall–Kier alpha value is -1.75. The highest BCUT2D eigenvalue weighted by atomic mass is 35.5. The second-order valence-electron chi connectivity index (χ2n) is 5.73. The van der Waals surface area contributed by atoms with Crippen LogP contribution >= 0.6 is 11.6 Å². The predicted octanol–water partition coefficient (Wildman–Crippen LogP) is 2.72. The Morgan fingerprint density at radius 3 is 2.48 bits per heavy atom. The van der Waals surface area contributed by atoms with E-state index < -0.39 is 17.4 Å². The predicted molar refractivity (Wildman–Crippen MR) is 80.6 cm³/mol. The van der Waals surface area contributed by atoms with Crippen LogP contribution in [-0.2, 0) is 9.59 Å². The van der Waals surface area contributed by atoms with E-state index in [2.05, 4.69) is 5.32 Å². The maximum absolute atomic E-state index is 11.8. The number of carboxylic acids is 1. The zero-order valence-electron chi connectivity index (χ0n) is 12.4. The molecule has 1 rings (SSSR count). The second-order valence-corrected chi connectivity index (χ2v) is 6.14. The molecule has 0 aromatic heterocycles. The van der Waals surface area contributed by atoms with Crippen molar-refractivity contribution in [3.8, 4) is 5.75 Å². The fraction of sp³-hybridized carbons (Fsp3) is 0.467. The minimum Gasteiger partial charge on any atom is -0.491 e. The number of hydrogen-bond acceptors (Lipinski definition) is 3. The van der Waals surface area contributed by atoms with E-state index >= 15 is 0 Å². The van der Waals surface area contributed by atoms with Crippen LogP contribution in [0, 0.1) is 5.41 Å². The van der Waals surface area contributed by atoms with Crippen molar-refractivity contribution in [1.82, 2.24) is 5.32 Å². The third-order valence-corrected chi connectivity index (χ3v) is 3.15. The summed E-state index contributed by atoms with van der Waals surface area (Å²) in [6.45, 7) is 5.40. The van der Waals surface area contributed by atoms with E-state index in [1.807, 2.05) is 0 Å². The van der Waals surface area contributed by atoms with Gasteiger partial charge in [0, 0.05) is 0 Å². The maximum Gasteiger partial charge on any atom is 0.326 e. The number of halogens is 1. The molecule has 1 aromatic rings. The van der Waals surface area contributed by atoms with E-state index in [0.29, 0.717) is 10.8 Å². The van der Waals surface area contributed by atoms with Gasteiger partial charge in [-0.2, -0.15) is 0 Å². The molecule has 0 spiro atoms. The highest BCUT2D eigenvalue weighted by Gasteiger charge is 2.32. The molecule has 1 atom stereocenters. The molecule has 0 saturated heterocycles. The van der Waals surface area contributed by atoms with Crippen molar-refractivity contribution in [2.75, 3.05) is 6.61 Å². The standard InChI is InChI=1S/C15H20ClNO4/c1-15(2,3)13(14(19)20)17-12(18)8-9-21-11-7-5-4-6-10(11)16/h4-7,13H,8-9H2,1-3H3,(H,17,18)(H,19,20)/t13-/m1/s1. The summed E-state index contributed by atoms with van der Waals surface area (Å²) in [7, 11) is 0. The number of carboxylic acid groups (broad SMARTS) is 1. The monoisotopic (exact) mass is 313 g/mol. The Morgan fingerprint density at radius 2 is 1.95 bits per heavy atom. The molecule has 116 valence electrons. The number of aliphatic carboxylic acids is 1. The summed E-state index contributed by atoms with van der Waals surface area (Å²) in [5.74, 6) is -0.926. The summed E-state index contributed by atoms with van der Waals surface area (Å²) in [5, 5.41) is 12.1. The van der Waals surface area contributed by atoms with Crippen LogP contribution in [0.4, 0.5) is 0 Å². The van der Waals surface area contributed by atoms with Gasteiger partial charge in [0.15, 0.2) is 0 Å². The number of nitrogens with one attached hydrogen (secondary N) is 1. The van der Waals surface area contributed by atoms with Gasteiger partial charge in [0.25, 0.3) is 0 Å². The van der Waals surface area contributed by atoms with Crippen LogP contribution in [0.3, 0.4) is 0 Å². The number of hydrogen-bond donors (Lipinski definition) is 2. The van der Waals surface area contributed by atoms with Crippen LogP contribution in [0.15, 0.2) is 24.3 Å². The third kappa shape index (κ3) is 5.63. The molecule has 1 amide bonds. The number of amides is 1. The molecule has 21 heavy (non-hydrogen) atoms. The lowest BCUT2D eigenvalue weighted by molar-refractivity contribution is -0.145. The number of carbonyl (C=O) groups excluding carboxylic acids is 1. The molecule has 0 aliphatic carbocycles. The van der Waals surface area contributed by atoms with E-state index in [1.165, 1.54) is 0 Å². The van der Waals surface area contributed by atoms with E-state index in [0.717, 1.165) is 0 Å². The van der Waals surface area contributed by atoms with Crippen LogP contribution < -0.4 is 10.1 Å². The Kier molecular flexibility index (Phi) is 6.03. The molecule has 0 aliphatic heterocycles. The first-order valence-electron chi connectivity index (χ1n) is 6.61. The summed E-state index contributed by atoms with van der Waals surface area (Å²) in [4.78, 5) is 23.0. The fourth-order valence-electron chi connectivity index (χ4n) is 1.70. The minimum atomic E-state index is -1.05. The zero-order chi connectivity index (χ0) is 16.0. The average molecular weight is 314 g/mol. The number of para-hydroxylation sites is 1. The topological polar surface area (TPSA) is 75.6 Å². The molecule has 0 bridgehead atoms. The first-order chi connectivity index (χ1) is 9.71. The highest BCUT2D eigenvalue weighted by molar-refractivity contribution is 6.32. The smallest absolute Gasteiger partial charge is 0.326 e. The number of benzene rings is 1. The van der Waals surface area contributed by atoms with Gasteiger partial charge in [0.1, 0.15) is 11.8 Å². The van der Waals surface area contributed by atoms with Crippen molar-refractivity contribution in [1.29, 1.82) is 0 Å². The molecule has 0 saturated carbocycles. The molecule has 2 N–H and O–H groups in total. The highest BCUT2D eigenvalue weighted by Crippen LogP contribution is 2.23. The lowest BCUT2D eigenvalue weighted by atomic mass is 9.86. The summed E-state index contributed by atoms with van der Waals surface area (Å²) in [6, 6.07) is 6.02. The van der Waals surface area contributed by atoms with E-state index in [9.17, 15) is 9.59 Å². The maximum atomic E-state index is 11.8. The van der Waals surface area contributed by atoms with Gasteiger partial charge in [0.2, 0.25) is 5.91 Å². The molecule has 0 fully saturated rings. The van der Waals surface area contributed by atoms with Gasteiger partial charge in [-0.3, -0.25) is 4.79 Å². The van der Waals surface area contributed by atoms with Crippen molar-refractivity contribution in [3.05, 3.63) is 29.3 Å². The molecular formula is C15H20ClNO4. The molecule has 0 aliphatic rings. The first kappa shape index (κ1) is 17.3. The summed E-state index contributed by atoms with van der Waals surface area (Å²) in [5.41, 5.74) is -0.564. The third-order valence-electron chi connectivity index (χ3n) is 2.84. The lowest BCUT2D eigenvalue weighted by Crippen LogP contribution is -2.49. The van der Waals surface area contributed by atoms with Crippen LogP contribution in [0.2, 0.25) is 5.02 Å². The van der Waals surface area contributed by atoms with Gasteiger partial charge >= 0.3 is 5.97 Å². The van der Waals surface area contributed by atoms with Crippen LogP contribution in [-0.4, -0.2) is 29.6 Å². The minimum absolute atomic E-state index is 0.0606. The van der Waals surface area contributed by atoms with Crippen molar-refractivity contribution in [2.45, 2.75) is 33.2 Å². The van der Waals surface area contributed by atoms with Crippen LogP contribution in [0.1, 0.15) is 27.2 Å². The largest absolute Gasteiger partial charge is 0.491 e. The van der Waals surface area contributed by atoms with Gasteiger partial charge in [-0.05, 0) is 17.5 Å². The average Bonchev–Trinajstić information content (AvgIpc) is 2.36. The van der Waals surface area contributed by atoms with E-state index in [4.69, 9.17) is 21.4 Å². The molecule has 0 unspecified atom stereocenters. The van der Waals surface area contributed by atoms with Crippen molar-refractivity contribution >= 4 is 23.5 Å². The summed E-state index contributed by atoms with van der Waals surface area (Å²) < 4.78 is 5.39. The van der Waals surface area contributed by atoms with Gasteiger partial charge < -0.3 is 15.2 Å². The van der Waals surface area contributed by atoms with Crippen LogP contribution in [0.25, 0.3) is 0 Å². The normalized spacial score (nSPS) is 12.6. The number of rotatable bonds is 6. The summed E-state index contributed by atoms with van der Waals surface area (Å²) in [6.07, 6.45) is 0.0606. The zero-order valence-corrected chi connectivity index (χ0v) is 13.1. The Bertz CT molecular complexity index is 511. The molecule has 0 heterocycles. The fourth-order valence-corrected chi connectivity index (χ4v) is 1.89. The van der Waals surface area contributed by atoms with Gasteiger partial charge in [0.05, 0.1) is 18.1 Å². The first-order valence-corrected chi connectivity index (χ1v) is 6.99. The SMILES string of the molecule is CC(C)(C)[C@H](NC(=O)CCOc1ccccc1Cl)C(=O)O. The Morgan fingerprint density at radius 1 is 1.33 bits per heavy atom. The molecule has 1 aromatic carbocycles. The number of ether oxygens (including phenoxy) is 1. The summed E-state index contributed by atoms with van der Waals surface area (Å²) >= 11 is 5.92. The van der Waals surface area contributed by atoms with E-state index in [-0.39, 0.29) is 18.9 Å². The van der Waals surface area contributed by atoms with Crippen molar-refractivity contribution < 1.29 is 19.4 Å². The quantitative estimate of drug-likeness (QED) is 0.846. The lowest BCUT2D eigenvalue weighted by Gasteiger charge is -2.27.